The van der Waals surface area contributed by atoms with Crippen LogP contribution in [0.1, 0.15) is 36.4 Å². The maximum absolute atomic E-state index is 13.5. The van der Waals surface area contributed by atoms with Crippen LogP contribution in [0.4, 0.5) is 4.39 Å². The van der Waals surface area contributed by atoms with Gasteiger partial charge in [0.1, 0.15) is 10.8 Å². The van der Waals surface area contributed by atoms with Crippen LogP contribution in [0.2, 0.25) is 0 Å². The topological polar surface area (TPSA) is 24.9 Å². The number of thiazole rings is 1. The molecule has 0 aliphatic heterocycles. The average molecular weight is 292 g/mol. The largest absolute Gasteiger partial charge is 0.312 e. The Morgan fingerprint density at radius 2 is 2.05 bits per heavy atom. The Balaban J connectivity index is 2.35. The molecule has 0 amide bonds. The fraction of sp³-hybridized carbons (Fsp3) is 0.438. The molecule has 0 spiro atoms. The average Bonchev–Trinajstić information content (AvgIpc) is 2.79. The van der Waals surface area contributed by atoms with E-state index in [1.165, 1.54) is 4.88 Å². The van der Waals surface area contributed by atoms with Crippen molar-refractivity contribution in [3.05, 3.63) is 40.2 Å². The van der Waals surface area contributed by atoms with Gasteiger partial charge in [0.15, 0.2) is 0 Å². The second-order valence-electron chi connectivity index (χ2n) is 4.94. The fourth-order valence-corrected chi connectivity index (χ4v) is 3.24. The zero-order valence-electron chi connectivity index (χ0n) is 12.3. The number of hydrogen-bond donors (Lipinski definition) is 1. The molecule has 1 aromatic heterocycles. The molecule has 1 aromatic carbocycles. The lowest BCUT2D eigenvalue weighted by molar-refractivity contribution is 0.627. The summed E-state index contributed by atoms with van der Waals surface area (Å²) in [4.78, 5) is 5.99. The van der Waals surface area contributed by atoms with Gasteiger partial charge in [-0.15, -0.1) is 11.3 Å². The SMILES string of the molecule is CCCc1nc(-c2cc(C)cc(F)c2)sc1CNCC. The van der Waals surface area contributed by atoms with Gasteiger partial charge in [-0.25, -0.2) is 9.37 Å². The highest BCUT2D eigenvalue weighted by Crippen LogP contribution is 2.30. The quantitative estimate of drug-likeness (QED) is 0.857. The summed E-state index contributed by atoms with van der Waals surface area (Å²) in [6.45, 7) is 7.95. The molecule has 0 aliphatic carbocycles. The first kappa shape index (κ1) is 15.1. The van der Waals surface area contributed by atoms with E-state index in [0.717, 1.165) is 47.8 Å². The van der Waals surface area contributed by atoms with Crippen molar-refractivity contribution in [2.75, 3.05) is 6.54 Å². The minimum atomic E-state index is -0.194. The van der Waals surface area contributed by atoms with E-state index in [1.807, 2.05) is 13.0 Å². The molecule has 0 saturated carbocycles. The van der Waals surface area contributed by atoms with Gasteiger partial charge in [-0.1, -0.05) is 20.3 Å². The van der Waals surface area contributed by atoms with Crippen molar-refractivity contribution in [1.29, 1.82) is 0 Å². The number of nitrogens with one attached hydrogen (secondary N) is 1. The number of nitrogens with zero attached hydrogens (tertiary/aromatic N) is 1. The van der Waals surface area contributed by atoms with Gasteiger partial charge in [-0.05, 0) is 43.7 Å². The van der Waals surface area contributed by atoms with Gasteiger partial charge in [-0.2, -0.15) is 0 Å². The molecule has 0 radical (unpaired) electrons. The van der Waals surface area contributed by atoms with Crippen molar-refractivity contribution < 1.29 is 4.39 Å². The molecule has 2 nitrogen and oxygen atoms in total. The predicted molar refractivity (Wildman–Crippen MR) is 83.6 cm³/mol. The second kappa shape index (κ2) is 6.95. The van der Waals surface area contributed by atoms with Gasteiger partial charge < -0.3 is 5.32 Å². The second-order valence-corrected chi connectivity index (χ2v) is 6.02. The minimum Gasteiger partial charge on any atom is -0.312 e. The Kier molecular flexibility index (Phi) is 5.26. The van der Waals surface area contributed by atoms with E-state index >= 15 is 0 Å². The fourth-order valence-electron chi connectivity index (χ4n) is 2.18. The summed E-state index contributed by atoms with van der Waals surface area (Å²) in [6.07, 6.45) is 2.05. The Morgan fingerprint density at radius 1 is 1.25 bits per heavy atom. The minimum absolute atomic E-state index is 0.194. The Hall–Kier alpha value is -1.26. The summed E-state index contributed by atoms with van der Waals surface area (Å²) in [7, 11) is 0. The molecular weight excluding hydrogens is 271 g/mol. The lowest BCUT2D eigenvalue weighted by Crippen LogP contribution is -2.11. The van der Waals surface area contributed by atoms with Crippen molar-refractivity contribution in [3.63, 3.8) is 0 Å². The van der Waals surface area contributed by atoms with Crippen LogP contribution in [0, 0.1) is 12.7 Å². The lowest BCUT2D eigenvalue weighted by atomic mass is 10.1. The molecule has 108 valence electrons. The standard InChI is InChI=1S/C16H21FN2S/c1-4-6-14-15(10-18-5-2)20-16(19-14)12-7-11(3)8-13(17)9-12/h7-9,18H,4-6,10H2,1-3H3. The van der Waals surface area contributed by atoms with Gasteiger partial charge >= 0.3 is 0 Å². The number of benzene rings is 1. The third-order valence-electron chi connectivity index (χ3n) is 3.09. The van der Waals surface area contributed by atoms with Crippen LogP contribution < -0.4 is 5.32 Å². The van der Waals surface area contributed by atoms with Crippen LogP contribution in [0.3, 0.4) is 0 Å². The van der Waals surface area contributed by atoms with Crippen LogP contribution in [0.25, 0.3) is 10.6 Å². The van der Waals surface area contributed by atoms with Crippen LogP contribution >= 0.6 is 11.3 Å². The van der Waals surface area contributed by atoms with Crippen molar-refractivity contribution in [2.45, 2.75) is 40.2 Å². The van der Waals surface area contributed by atoms with E-state index < -0.39 is 0 Å². The maximum atomic E-state index is 13.5. The number of rotatable bonds is 6. The normalized spacial score (nSPS) is 11.0. The van der Waals surface area contributed by atoms with E-state index in [-0.39, 0.29) is 5.82 Å². The maximum Gasteiger partial charge on any atom is 0.124 e. The third kappa shape index (κ3) is 3.64. The van der Waals surface area contributed by atoms with E-state index in [4.69, 9.17) is 4.98 Å². The number of hydrogen-bond acceptors (Lipinski definition) is 3. The van der Waals surface area contributed by atoms with Crippen LogP contribution in [0.5, 0.6) is 0 Å². The molecule has 1 heterocycles. The molecule has 0 atom stereocenters. The summed E-state index contributed by atoms with van der Waals surface area (Å²) in [5, 5.41) is 4.27. The molecule has 2 rings (SSSR count). The Morgan fingerprint density at radius 3 is 2.70 bits per heavy atom. The molecular formula is C16H21FN2S. The Bertz CT molecular complexity index is 558. The third-order valence-corrected chi connectivity index (χ3v) is 4.24. The summed E-state index contributed by atoms with van der Waals surface area (Å²) in [5.74, 6) is -0.194. The molecule has 1 N–H and O–H groups in total. The number of halogens is 1. The Labute approximate surface area is 124 Å². The molecule has 0 saturated heterocycles. The van der Waals surface area contributed by atoms with Gasteiger partial charge in [0, 0.05) is 17.0 Å². The van der Waals surface area contributed by atoms with Crippen LogP contribution in [-0.4, -0.2) is 11.5 Å². The summed E-state index contributed by atoms with van der Waals surface area (Å²) in [6, 6.07) is 5.11. The summed E-state index contributed by atoms with van der Waals surface area (Å²) >= 11 is 1.67. The van der Waals surface area contributed by atoms with E-state index in [9.17, 15) is 4.39 Å². The molecule has 0 bridgehead atoms. The number of aromatic nitrogens is 1. The van der Waals surface area contributed by atoms with Gasteiger partial charge in [0.05, 0.1) is 5.69 Å². The van der Waals surface area contributed by atoms with Gasteiger partial charge in [0.2, 0.25) is 0 Å². The van der Waals surface area contributed by atoms with Crippen molar-refractivity contribution in [2.24, 2.45) is 0 Å². The summed E-state index contributed by atoms with van der Waals surface area (Å²) < 4.78 is 13.5. The lowest BCUT2D eigenvalue weighted by Gasteiger charge is -2.00. The highest BCUT2D eigenvalue weighted by atomic mass is 32.1. The first-order chi connectivity index (χ1) is 9.63. The molecule has 0 aliphatic rings. The van der Waals surface area contributed by atoms with Crippen LogP contribution in [0.15, 0.2) is 18.2 Å². The van der Waals surface area contributed by atoms with Crippen LogP contribution in [-0.2, 0) is 13.0 Å². The predicted octanol–water partition coefficient (Wildman–Crippen LogP) is 4.32. The smallest absolute Gasteiger partial charge is 0.124 e. The monoisotopic (exact) mass is 292 g/mol. The summed E-state index contributed by atoms with van der Waals surface area (Å²) in [5.41, 5.74) is 2.96. The van der Waals surface area contributed by atoms with E-state index in [2.05, 4.69) is 19.2 Å². The van der Waals surface area contributed by atoms with Gasteiger partial charge in [-0.3, -0.25) is 0 Å². The first-order valence-corrected chi connectivity index (χ1v) is 7.92. The highest BCUT2D eigenvalue weighted by Gasteiger charge is 2.12. The van der Waals surface area contributed by atoms with Crippen molar-refractivity contribution >= 4 is 11.3 Å². The molecule has 20 heavy (non-hydrogen) atoms. The molecule has 4 heteroatoms. The number of aryl methyl sites for hydroxylation is 2. The highest BCUT2D eigenvalue weighted by molar-refractivity contribution is 7.15. The molecule has 0 unspecified atom stereocenters. The molecule has 2 aromatic rings. The van der Waals surface area contributed by atoms with Crippen molar-refractivity contribution in [3.8, 4) is 10.6 Å². The van der Waals surface area contributed by atoms with Crippen molar-refractivity contribution in [1.82, 2.24) is 10.3 Å². The van der Waals surface area contributed by atoms with Gasteiger partial charge in [0.25, 0.3) is 0 Å². The first-order valence-electron chi connectivity index (χ1n) is 7.10. The zero-order chi connectivity index (χ0) is 14.5. The van der Waals surface area contributed by atoms with E-state index in [1.54, 1.807) is 23.5 Å². The zero-order valence-corrected chi connectivity index (χ0v) is 13.1. The van der Waals surface area contributed by atoms with E-state index in [0.29, 0.717) is 0 Å². The molecule has 0 fully saturated rings.